The molecule has 0 aromatic heterocycles. The van der Waals surface area contributed by atoms with Gasteiger partial charge in [-0.3, -0.25) is 9.59 Å². The summed E-state index contributed by atoms with van der Waals surface area (Å²) in [6.45, 7) is 5.59. The smallest absolute Gasteiger partial charge is 0.258 e. The highest BCUT2D eigenvalue weighted by Gasteiger charge is 2.26. The van der Waals surface area contributed by atoms with E-state index in [0.717, 1.165) is 6.54 Å². The first kappa shape index (κ1) is 23.7. The quantitative estimate of drug-likeness (QED) is 0.762. The van der Waals surface area contributed by atoms with Gasteiger partial charge in [-0.15, -0.1) is 0 Å². The number of carbonyl (C=O) groups excluding carboxylic acids is 2. The molecule has 7 nitrogen and oxygen atoms in total. The molecule has 3 rings (SSSR count). The summed E-state index contributed by atoms with van der Waals surface area (Å²) >= 11 is 0. The Morgan fingerprint density at radius 1 is 1.25 bits per heavy atom. The third kappa shape index (κ3) is 5.63. The number of likely N-dealkylation sites (N-methyl/N-ethyl adjacent to an activating group) is 1. The molecule has 0 saturated heterocycles. The van der Waals surface area contributed by atoms with Gasteiger partial charge in [0, 0.05) is 39.0 Å². The monoisotopic (exact) mass is 443 g/mol. The molecule has 172 valence electrons. The maximum Gasteiger partial charge on any atom is 0.258 e. The van der Waals surface area contributed by atoms with Crippen LogP contribution in [0.5, 0.6) is 5.75 Å². The van der Waals surface area contributed by atoms with Crippen LogP contribution < -0.4 is 15.4 Å². The van der Waals surface area contributed by atoms with Gasteiger partial charge in [-0.05, 0) is 43.2 Å². The molecule has 0 unspecified atom stereocenters. The van der Waals surface area contributed by atoms with Crippen LogP contribution in [0.3, 0.4) is 0 Å². The zero-order valence-electron chi connectivity index (χ0n) is 18.9. The van der Waals surface area contributed by atoms with E-state index < -0.39 is 11.7 Å². The van der Waals surface area contributed by atoms with Crippen LogP contribution in [0.25, 0.3) is 0 Å². The third-order valence-electron chi connectivity index (χ3n) is 5.60. The van der Waals surface area contributed by atoms with Gasteiger partial charge in [-0.1, -0.05) is 19.1 Å². The Balaban J connectivity index is 1.90. The molecule has 0 radical (unpaired) electrons. The van der Waals surface area contributed by atoms with E-state index in [1.807, 2.05) is 6.92 Å². The van der Waals surface area contributed by atoms with Crippen LogP contribution >= 0.6 is 0 Å². The molecule has 1 aliphatic rings. The predicted molar refractivity (Wildman–Crippen MR) is 121 cm³/mol. The molecule has 2 aromatic rings. The van der Waals surface area contributed by atoms with E-state index in [-0.39, 0.29) is 29.5 Å². The topological polar surface area (TPSA) is 79.9 Å². The van der Waals surface area contributed by atoms with Gasteiger partial charge in [0.2, 0.25) is 0 Å². The number of amides is 2. The second kappa shape index (κ2) is 10.6. The molecule has 2 N–H and O–H groups in total. The molecule has 3 atom stereocenters. The van der Waals surface area contributed by atoms with Gasteiger partial charge in [0.25, 0.3) is 11.8 Å². The second-order valence-electron chi connectivity index (χ2n) is 8.20. The lowest BCUT2D eigenvalue weighted by molar-refractivity contribution is 0.0281. The minimum Gasteiger partial charge on any atom is -0.491 e. The average molecular weight is 444 g/mol. The molecule has 0 aliphatic carbocycles. The number of hydrogen-bond acceptors (Lipinski definition) is 5. The fraction of sp³-hybridized carbons (Fsp3) is 0.417. The number of anilines is 1. The largest absolute Gasteiger partial charge is 0.491 e. The van der Waals surface area contributed by atoms with Gasteiger partial charge in [-0.2, -0.15) is 0 Å². The number of ether oxygens (including phenoxy) is 2. The Bertz CT molecular complexity index is 968. The second-order valence-corrected chi connectivity index (χ2v) is 8.20. The van der Waals surface area contributed by atoms with Crippen molar-refractivity contribution >= 4 is 17.5 Å². The summed E-state index contributed by atoms with van der Waals surface area (Å²) in [7, 11) is 3.35. The molecule has 0 saturated carbocycles. The molecule has 0 bridgehead atoms. The van der Waals surface area contributed by atoms with E-state index in [1.54, 1.807) is 43.3 Å². The number of benzene rings is 2. The van der Waals surface area contributed by atoms with Gasteiger partial charge in [0.05, 0.1) is 17.2 Å². The highest BCUT2D eigenvalue weighted by molar-refractivity contribution is 6.05. The Hall–Kier alpha value is -2.97. The fourth-order valence-electron chi connectivity index (χ4n) is 3.58. The maximum absolute atomic E-state index is 14.0. The van der Waals surface area contributed by atoms with E-state index in [2.05, 4.69) is 17.6 Å². The van der Waals surface area contributed by atoms with Crippen LogP contribution in [-0.4, -0.2) is 62.7 Å². The Morgan fingerprint density at radius 3 is 2.72 bits per heavy atom. The molecular weight excluding hydrogens is 413 g/mol. The van der Waals surface area contributed by atoms with Crippen LogP contribution in [-0.2, 0) is 4.74 Å². The van der Waals surface area contributed by atoms with Crippen LogP contribution in [0, 0.1) is 11.7 Å². The van der Waals surface area contributed by atoms with Gasteiger partial charge in [-0.25, -0.2) is 4.39 Å². The number of methoxy groups -OCH3 is 1. The molecule has 1 heterocycles. The number of fused-ring (bicyclic) bond motifs is 1. The number of nitrogens with one attached hydrogen (secondary N) is 2. The fourth-order valence-corrected chi connectivity index (χ4v) is 3.58. The number of hydrogen-bond donors (Lipinski definition) is 2. The van der Waals surface area contributed by atoms with Crippen molar-refractivity contribution in [2.75, 3.05) is 39.2 Å². The van der Waals surface area contributed by atoms with Crippen molar-refractivity contribution in [2.24, 2.45) is 5.92 Å². The lowest BCUT2D eigenvalue weighted by Gasteiger charge is -2.30. The Labute approximate surface area is 187 Å². The zero-order chi connectivity index (χ0) is 23.3. The number of carbonyl (C=O) groups is 2. The van der Waals surface area contributed by atoms with E-state index in [0.29, 0.717) is 30.2 Å². The highest BCUT2D eigenvalue weighted by atomic mass is 19.1. The average Bonchev–Trinajstić information content (AvgIpc) is 2.78. The number of rotatable bonds is 3. The molecule has 0 fully saturated rings. The van der Waals surface area contributed by atoms with Gasteiger partial charge in [0.1, 0.15) is 18.2 Å². The molecular formula is C24H30FN3O4. The third-order valence-corrected chi connectivity index (χ3v) is 5.60. The van der Waals surface area contributed by atoms with Crippen LogP contribution in [0.2, 0.25) is 0 Å². The SMILES string of the molecule is CO[C@@H]1CN(C)C(=O)c2cc(NC(=O)c3ccccc3F)ccc2OC[C@H](C)NC[C@H]1C. The van der Waals surface area contributed by atoms with Gasteiger partial charge in [0.15, 0.2) is 0 Å². The summed E-state index contributed by atoms with van der Waals surface area (Å²) in [6.07, 6.45) is -0.142. The molecule has 2 amide bonds. The first-order chi connectivity index (χ1) is 15.3. The zero-order valence-corrected chi connectivity index (χ0v) is 18.9. The van der Waals surface area contributed by atoms with E-state index in [4.69, 9.17) is 9.47 Å². The summed E-state index contributed by atoms with van der Waals surface area (Å²) in [5.74, 6) is -0.858. The van der Waals surface area contributed by atoms with E-state index in [9.17, 15) is 14.0 Å². The summed E-state index contributed by atoms with van der Waals surface area (Å²) in [5.41, 5.74) is 0.614. The van der Waals surface area contributed by atoms with Crippen LogP contribution in [0.15, 0.2) is 42.5 Å². The lowest BCUT2D eigenvalue weighted by atomic mass is 10.0. The minimum atomic E-state index is -0.614. The number of nitrogens with zero attached hydrogens (tertiary/aromatic N) is 1. The van der Waals surface area contributed by atoms with Crippen LogP contribution in [0.1, 0.15) is 34.6 Å². The molecule has 8 heteroatoms. The van der Waals surface area contributed by atoms with Crippen molar-refractivity contribution in [3.63, 3.8) is 0 Å². The van der Waals surface area contributed by atoms with Crippen molar-refractivity contribution in [1.29, 1.82) is 0 Å². The van der Waals surface area contributed by atoms with Crippen molar-refractivity contribution in [3.05, 3.63) is 59.4 Å². The van der Waals surface area contributed by atoms with Crippen molar-refractivity contribution in [2.45, 2.75) is 26.0 Å². The van der Waals surface area contributed by atoms with Crippen LogP contribution in [0.4, 0.5) is 10.1 Å². The van der Waals surface area contributed by atoms with Crippen molar-refractivity contribution in [1.82, 2.24) is 10.2 Å². The lowest BCUT2D eigenvalue weighted by Crippen LogP contribution is -2.44. The maximum atomic E-state index is 14.0. The standard InChI is InChI=1S/C24H30FN3O4/c1-15-12-26-16(2)14-32-21-10-9-17(27-23(29)18-7-5-6-8-20(18)25)11-19(21)24(30)28(3)13-22(15)31-4/h5-11,15-16,22,26H,12-14H2,1-4H3,(H,27,29)/t15-,16+,22-/m1/s1. The first-order valence-electron chi connectivity index (χ1n) is 10.6. The van der Waals surface area contributed by atoms with E-state index >= 15 is 0 Å². The van der Waals surface area contributed by atoms with Gasteiger partial charge >= 0.3 is 0 Å². The molecule has 0 spiro atoms. The molecule has 32 heavy (non-hydrogen) atoms. The Morgan fingerprint density at radius 2 is 2.00 bits per heavy atom. The first-order valence-corrected chi connectivity index (χ1v) is 10.6. The minimum absolute atomic E-state index is 0.0653. The van der Waals surface area contributed by atoms with Gasteiger partial charge < -0.3 is 25.0 Å². The van der Waals surface area contributed by atoms with Crippen molar-refractivity contribution < 1.29 is 23.5 Å². The number of halogens is 1. The summed E-state index contributed by atoms with van der Waals surface area (Å²) in [6, 6.07) is 10.6. The predicted octanol–water partition coefficient (Wildman–Crippen LogP) is 3.17. The Kier molecular flexibility index (Phi) is 7.82. The summed E-state index contributed by atoms with van der Waals surface area (Å²) in [5, 5.41) is 6.10. The van der Waals surface area contributed by atoms with E-state index in [1.165, 1.54) is 18.2 Å². The van der Waals surface area contributed by atoms with Crippen molar-refractivity contribution in [3.8, 4) is 5.75 Å². The molecule has 2 aromatic carbocycles. The summed E-state index contributed by atoms with van der Waals surface area (Å²) < 4.78 is 25.5. The summed E-state index contributed by atoms with van der Waals surface area (Å²) in [4.78, 5) is 27.4. The highest BCUT2D eigenvalue weighted by Crippen LogP contribution is 2.26. The normalized spacial score (nSPS) is 22.2. The molecule has 1 aliphatic heterocycles.